The van der Waals surface area contributed by atoms with Gasteiger partial charge in [-0.3, -0.25) is 9.32 Å². The molecule has 0 radical (unpaired) electrons. The Bertz CT molecular complexity index is 1370. The molecule has 0 aliphatic carbocycles. The molecule has 1 aromatic carbocycles. The molecule has 0 spiro atoms. The number of ether oxygens (including phenoxy) is 2. The van der Waals surface area contributed by atoms with E-state index in [1.54, 1.807) is 63.2 Å². The zero-order chi connectivity index (χ0) is 28.6. The predicted octanol–water partition coefficient (Wildman–Crippen LogP) is 2.17. The van der Waals surface area contributed by atoms with Crippen LogP contribution in [0.25, 0.3) is 5.52 Å². The van der Waals surface area contributed by atoms with Crippen LogP contribution in [0.3, 0.4) is 0 Å². The van der Waals surface area contributed by atoms with Gasteiger partial charge in [0.1, 0.15) is 47.0 Å². The van der Waals surface area contributed by atoms with Gasteiger partial charge in [0.05, 0.1) is 18.4 Å². The maximum absolute atomic E-state index is 13.9. The van der Waals surface area contributed by atoms with Crippen LogP contribution >= 0.6 is 7.75 Å². The third kappa shape index (κ3) is 5.93. The van der Waals surface area contributed by atoms with Gasteiger partial charge in [-0.2, -0.15) is 10.2 Å². The van der Waals surface area contributed by atoms with Gasteiger partial charge in [0, 0.05) is 0 Å². The molecular formula is C25H34N5O8P. The van der Waals surface area contributed by atoms with Crippen molar-refractivity contribution in [1.29, 1.82) is 0 Å². The number of hydrogen-bond acceptors (Lipinski definition) is 11. The van der Waals surface area contributed by atoms with Gasteiger partial charge in [-0.05, 0) is 58.9 Å². The Morgan fingerprint density at radius 3 is 2.62 bits per heavy atom. The molecule has 2 aromatic heterocycles. The Labute approximate surface area is 225 Å². The van der Waals surface area contributed by atoms with Gasteiger partial charge in [0.25, 0.3) is 0 Å². The number of carbonyl (C=O) groups is 1. The SMILES string of the molecule is CC(C)OC(=O)C(C)(C)NP(=O)(OC[C@H]1O[C@@](C)(c2ccc3c(N)ncnn23)[C@H](O)[C@@H]1O)Oc1ccccc1. The fourth-order valence-electron chi connectivity index (χ4n) is 4.28. The highest BCUT2D eigenvalue weighted by Crippen LogP contribution is 2.48. The first-order chi connectivity index (χ1) is 18.3. The number of nitrogens with one attached hydrogen (secondary N) is 1. The van der Waals surface area contributed by atoms with Crippen molar-refractivity contribution in [2.45, 2.75) is 70.2 Å². The van der Waals surface area contributed by atoms with E-state index in [1.165, 1.54) is 24.7 Å². The summed E-state index contributed by atoms with van der Waals surface area (Å²) in [6, 6.07) is 11.6. The first-order valence-electron chi connectivity index (χ1n) is 12.4. The molecule has 0 bridgehead atoms. The summed E-state index contributed by atoms with van der Waals surface area (Å²) >= 11 is 0. The Kier molecular flexibility index (Phi) is 8.04. The minimum absolute atomic E-state index is 0.219. The lowest BCUT2D eigenvalue weighted by atomic mass is 9.93. The molecule has 1 fully saturated rings. The van der Waals surface area contributed by atoms with Crippen LogP contribution in [-0.4, -0.2) is 67.3 Å². The van der Waals surface area contributed by atoms with Gasteiger partial charge >= 0.3 is 13.7 Å². The molecule has 0 amide bonds. The van der Waals surface area contributed by atoms with E-state index >= 15 is 0 Å². The summed E-state index contributed by atoms with van der Waals surface area (Å²) in [6.07, 6.45) is -3.09. The summed E-state index contributed by atoms with van der Waals surface area (Å²) in [7, 11) is -4.27. The van der Waals surface area contributed by atoms with Crippen LogP contribution in [-0.2, 0) is 29.0 Å². The van der Waals surface area contributed by atoms with Gasteiger partial charge in [-0.15, -0.1) is 0 Å². The fraction of sp³-hybridized carbons (Fsp3) is 0.480. The second-order valence-electron chi connectivity index (χ2n) is 10.2. The molecular weight excluding hydrogens is 529 g/mol. The molecule has 14 heteroatoms. The predicted molar refractivity (Wildman–Crippen MR) is 141 cm³/mol. The average molecular weight is 564 g/mol. The molecule has 39 heavy (non-hydrogen) atoms. The van der Waals surface area contributed by atoms with Crippen molar-refractivity contribution in [3.63, 3.8) is 0 Å². The number of nitrogen functional groups attached to an aromatic ring is 1. The second kappa shape index (κ2) is 10.8. The third-order valence-electron chi connectivity index (χ3n) is 6.30. The van der Waals surface area contributed by atoms with E-state index in [9.17, 15) is 19.6 Å². The van der Waals surface area contributed by atoms with Gasteiger partial charge in [-0.1, -0.05) is 18.2 Å². The standard InChI is InChI=1S/C25H34N5O8P/c1-15(2)36-23(33)24(3,4)29-39(34,38-16-9-7-6-8-10-16)35-13-18-20(31)21(32)25(5,37-18)19-12-11-17-22(26)27-14-28-30(17)19/h6-12,14-15,18,20-21,31-32H,13H2,1-5H3,(H,29,34)(H2,26,27,28)/t18-,20-,21-,25+,39?/m1/s1. The van der Waals surface area contributed by atoms with E-state index < -0.39 is 55.9 Å². The lowest BCUT2D eigenvalue weighted by Crippen LogP contribution is -2.48. The number of nitrogens with two attached hydrogens (primary N) is 1. The van der Waals surface area contributed by atoms with E-state index in [4.69, 9.17) is 24.3 Å². The number of anilines is 1. The Morgan fingerprint density at radius 1 is 1.26 bits per heavy atom. The van der Waals surface area contributed by atoms with Crippen molar-refractivity contribution in [3.05, 3.63) is 54.5 Å². The monoisotopic (exact) mass is 563 g/mol. The number of aromatic nitrogens is 3. The number of carbonyl (C=O) groups excluding carboxylic acids is 1. The number of hydrogen-bond donors (Lipinski definition) is 4. The third-order valence-corrected chi connectivity index (χ3v) is 8.08. The van der Waals surface area contributed by atoms with Gasteiger partial charge in [-0.25, -0.2) is 14.1 Å². The molecule has 13 nitrogen and oxygen atoms in total. The highest BCUT2D eigenvalue weighted by Gasteiger charge is 2.54. The summed E-state index contributed by atoms with van der Waals surface area (Å²) in [5, 5.41) is 28.7. The summed E-state index contributed by atoms with van der Waals surface area (Å²) in [4.78, 5) is 16.6. The van der Waals surface area contributed by atoms with Crippen LogP contribution in [0.5, 0.6) is 5.75 Å². The Morgan fingerprint density at radius 2 is 1.95 bits per heavy atom. The van der Waals surface area contributed by atoms with Gasteiger partial charge in [0.15, 0.2) is 5.82 Å². The van der Waals surface area contributed by atoms with Crippen LogP contribution in [0, 0.1) is 0 Å². The molecule has 5 atom stereocenters. The molecule has 4 rings (SSSR count). The lowest BCUT2D eigenvalue weighted by Gasteiger charge is -2.30. The van der Waals surface area contributed by atoms with E-state index in [0.29, 0.717) is 11.2 Å². The lowest BCUT2D eigenvalue weighted by molar-refractivity contribution is -0.153. The number of aliphatic hydroxyl groups excluding tert-OH is 2. The molecule has 1 aliphatic heterocycles. The first kappa shape index (κ1) is 28.9. The van der Waals surface area contributed by atoms with Crippen LogP contribution in [0.2, 0.25) is 0 Å². The minimum atomic E-state index is -4.27. The van der Waals surface area contributed by atoms with Crippen LogP contribution < -0.4 is 15.3 Å². The van der Waals surface area contributed by atoms with E-state index in [1.807, 2.05) is 0 Å². The van der Waals surface area contributed by atoms with Gasteiger partial charge < -0.3 is 29.9 Å². The topological polar surface area (TPSA) is 180 Å². The zero-order valence-corrected chi connectivity index (χ0v) is 23.2. The minimum Gasteiger partial charge on any atom is -0.462 e. The number of para-hydroxylation sites is 1. The van der Waals surface area contributed by atoms with E-state index in [2.05, 4.69) is 15.2 Å². The number of nitrogens with zero attached hydrogens (tertiary/aromatic N) is 3. The van der Waals surface area contributed by atoms with Crippen LogP contribution in [0.15, 0.2) is 48.8 Å². The zero-order valence-electron chi connectivity index (χ0n) is 22.3. The summed E-state index contributed by atoms with van der Waals surface area (Å²) < 4.78 is 38.2. The van der Waals surface area contributed by atoms with Crippen LogP contribution in [0.4, 0.5) is 5.82 Å². The average Bonchev–Trinajstić information content (AvgIpc) is 3.40. The maximum atomic E-state index is 13.9. The Balaban J connectivity index is 1.57. The number of fused-ring (bicyclic) bond motifs is 1. The first-order valence-corrected chi connectivity index (χ1v) is 13.9. The second-order valence-corrected chi connectivity index (χ2v) is 11.9. The van der Waals surface area contributed by atoms with Crippen LogP contribution in [0.1, 0.15) is 40.3 Å². The molecule has 1 unspecified atom stereocenters. The fourth-order valence-corrected chi connectivity index (χ4v) is 5.96. The highest BCUT2D eigenvalue weighted by atomic mass is 31.2. The normalized spacial score (nSPS) is 25.1. The largest absolute Gasteiger partial charge is 0.462 e. The summed E-state index contributed by atoms with van der Waals surface area (Å²) in [5.74, 6) is -0.216. The molecule has 5 N–H and O–H groups in total. The molecule has 3 heterocycles. The quantitative estimate of drug-likeness (QED) is 0.209. The van der Waals surface area contributed by atoms with Crippen molar-refractivity contribution in [2.24, 2.45) is 0 Å². The number of aliphatic hydroxyl groups is 2. The molecule has 0 saturated carbocycles. The molecule has 3 aromatic rings. The maximum Gasteiger partial charge on any atom is 0.459 e. The summed E-state index contributed by atoms with van der Waals surface area (Å²) in [6.45, 7) is 7.48. The molecule has 212 valence electrons. The highest BCUT2D eigenvalue weighted by molar-refractivity contribution is 7.52. The summed E-state index contributed by atoms with van der Waals surface area (Å²) in [5.41, 5.74) is 3.94. The van der Waals surface area contributed by atoms with Crippen molar-refractivity contribution < 1.29 is 38.1 Å². The molecule has 1 aliphatic rings. The van der Waals surface area contributed by atoms with Crippen molar-refractivity contribution in [2.75, 3.05) is 12.3 Å². The number of rotatable bonds is 10. The van der Waals surface area contributed by atoms with Crippen molar-refractivity contribution in [1.82, 2.24) is 19.7 Å². The number of benzene rings is 1. The van der Waals surface area contributed by atoms with Crippen molar-refractivity contribution in [3.8, 4) is 5.75 Å². The van der Waals surface area contributed by atoms with E-state index in [0.717, 1.165) is 0 Å². The Hall–Kier alpha value is -3.06. The number of esters is 1. The van der Waals surface area contributed by atoms with Crippen molar-refractivity contribution >= 4 is 25.1 Å². The van der Waals surface area contributed by atoms with Gasteiger partial charge in [0.2, 0.25) is 0 Å². The smallest absolute Gasteiger partial charge is 0.459 e. The molecule has 1 saturated heterocycles. The van der Waals surface area contributed by atoms with E-state index in [-0.39, 0.29) is 11.6 Å².